The molecule has 0 spiro atoms. The zero-order chi connectivity index (χ0) is 30.3. The number of thiophene rings is 1. The predicted octanol–water partition coefficient (Wildman–Crippen LogP) is 7.58. The van der Waals surface area contributed by atoms with Gasteiger partial charge in [0.2, 0.25) is 5.91 Å². The molecule has 1 heterocycles. The summed E-state index contributed by atoms with van der Waals surface area (Å²) in [6.07, 6.45) is 3.09. The van der Waals surface area contributed by atoms with Crippen molar-refractivity contribution in [1.82, 2.24) is 0 Å². The lowest BCUT2D eigenvalue weighted by Gasteiger charge is -2.22. The molecule has 0 saturated heterocycles. The van der Waals surface area contributed by atoms with Gasteiger partial charge in [-0.3, -0.25) is 9.59 Å². The molecule has 1 aliphatic rings. The molecule has 0 aliphatic heterocycles. The predicted molar refractivity (Wildman–Crippen MR) is 173 cm³/mol. The molecular weight excluding hydrogens is 581 g/mol. The van der Waals surface area contributed by atoms with E-state index in [2.05, 4.69) is 34.9 Å². The van der Waals surface area contributed by atoms with Crippen LogP contribution in [0.1, 0.15) is 62.4 Å². The number of hydrogen-bond donors (Lipinski definition) is 2. The van der Waals surface area contributed by atoms with Gasteiger partial charge in [-0.05, 0) is 79.1 Å². The van der Waals surface area contributed by atoms with Gasteiger partial charge in [0.1, 0.15) is 10.8 Å². The summed E-state index contributed by atoms with van der Waals surface area (Å²) in [6.45, 7) is 1.96. The third-order valence-corrected chi connectivity index (χ3v) is 10.1. The quantitative estimate of drug-likeness (QED) is 0.141. The molecule has 0 fully saturated rings. The van der Waals surface area contributed by atoms with Gasteiger partial charge in [0.15, 0.2) is 0 Å². The van der Waals surface area contributed by atoms with Crippen molar-refractivity contribution in [3.8, 4) is 5.75 Å². The Morgan fingerprint density at radius 1 is 0.977 bits per heavy atom. The molecule has 2 N–H and O–H groups in total. The van der Waals surface area contributed by atoms with Crippen molar-refractivity contribution in [2.24, 2.45) is 0 Å². The van der Waals surface area contributed by atoms with Crippen molar-refractivity contribution in [2.75, 3.05) is 24.9 Å². The van der Waals surface area contributed by atoms with Crippen LogP contribution >= 0.6 is 23.1 Å². The van der Waals surface area contributed by atoms with Crippen molar-refractivity contribution in [3.05, 3.63) is 106 Å². The molecule has 2 amide bonds. The van der Waals surface area contributed by atoms with Crippen molar-refractivity contribution >= 4 is 51.6 Å². The van der Waals surface area contributed by atoms with E-state index in [0.717, 1.165) is 34.6 Å². The molecule has 2 atom stereocenters. The van der Waals surface area contributed by atoms with E-state index in [0.29, 0.717) is 39.9 Å². The molecule has 1 aliphatic carbocycles. The number of carbonyl (C=O) groups is 3. The molecule has 0 radical (unpaired) electrons. The van der Waals surface area contributed by atoms with Crippen LogP contribution in [-0.4, -0.2) is 37.3 Å². The number of rotatable bonds is 10. The number of methoxy groups -OCH3 is 2. The Kier molecular flexibility index (Phi) is 9.84. The largest absolute Gasteiger partial charge is 0.497 e. The van der Waals surface area contributed by atoms with Crippen LogP contribution in [-0.2, 0) is 22.4 Å². The second-order valence-corrected chi connectivity index (χ2v) is 12.6. The molecule has 222 valence electrons. The lowest BCUT2D eigenvalue weighted by molar-refractivity contribution is -0.115. The Morgan fingerprint density at radius 3 is 2.51 bits per heavy atom. The summed E-state index contributed by atoms with van der Waals surface area (Å²) in [7, 11) is 2.93. The summed E-state index contributed by atoms with van der Waals surface area (Å²) in [5.74, 6) is 0.119. The minimum Gasteiger partial charge on any atom is -0.497 e. The molecule has 7 nitrogen and oxygen atoms in total. The Morgan fingerprint density at radius 2 is 1.77 bits per heavy atom. The van der Waals surface area contributed by atoms with E-state index >= 15 is 0 Å². The molecular formula is C34H34N2O5S2. The van der Waals surface area contributed by atoms with Crippen LogP contribution in [0.5, 0.6) is 5.75 Å². The monoisotopic (exact) mass is 614 g/mol. The molecule has 0 bridgehead atoms. The van der Waals surface area contributed by atoms with Crippen molar-refractivity contribution < 1.29 is 23.9 Å². The summed E-state index contributed by atoms with van der Waals surface area (Å²) in [6, 6.07) is 24.8. The lowest BCUT2D eigenvalue weighted by atomic mass is 9.83. The van der Waals surface area contributed by atoms with Gasteiger partial charge in [-0.15, -0.1) is 23.1 Å². The number of esters is 1. The second kappa shape index (κ2) is 13.9. The van der Waals surface area contributed by atoms with E-state index in [-0.39, 0.29) is 11.8 Å². The zero-order valence-corrected chi connectivity index (χ0v) is 26.0. The topological polar surface area (TPSA) is 93.7 Å². The Bertz CT molecular complexity index is 1620. The normalized spacial score (nSPS) is 14.7. The van der Waals surface area contributed by atoms with Crippen molar-refractivity contribution in [1.29, 1.82) is 0 Å². The number of carbonyl (C=O) groups excluding carboxylic acids is 3. The maximum atomic E-state index is 13.6. The van der Waals surface area contributed by atoms with Crippen molar-refractivity contribution in [2.45, 2.75) is 48.7 Å². The van der Waals surface area contributed by atoms with Gasteiger partial charge in [0.05, 0.1) is 25.0 Å². The number of benzene rings is 3. The molecule has 43 heavy (non-hydrogen) atoms. The molecule has 4 aromatic rings. The summed E-state index contributed by atoms with van der Waals surface area (Å²) in [5, 5.41) is 6.12. The number of thioether (sulfide) groups is 1. The fraction of sp³-hybridized carbons (Fsp3) is 0.265. The number of hydrogen-bond acceptors (Lipinski definition) is 7. The van der Waals surface area contributed by atoms with Gasteiger partial charge in [-0.2, -0.15) is 0 Å². The van der Waals surface area contributed by atoms with Gasteiger partial charge in [-0.1, -0.05) is 49.4 Å². The van der Waals surface area contributed by atoms with Crippen LogP contribution in [0, 0.1) is 0 Å². The van der Waals surface area contributed by atoms with E-state index in [4.69, 9.17) is 9.47 Å². The zero-order valence-electron chi connectivity index (χ0n) is 24.3. The first-order chi connectivity index (χ1) is 20.9. The maximum absolute atomic E-state index is 13.6. The fourth-order valence-electron chi connectivity index (χ4n) is 5.30. The maximum Gasteiger partial charge on any atom is 0.341 e. The number of nitrogens with one attached hydrogen (secondary N) is 2. The molecule has 3 aromatic carbocycles. The minimum absolute atomic E-state index is 0.179. The highest BCUT2D eigenvalue weighted by Crippen LogP contribution is 2.43. The molecule has 9 heteroatoms. The van der Waals surface area contributed by atoms with Gasteiger partial charge in [0, 0.05) is 21.0 Å². The Hall–Kier alpha value is -4.08. The van der Waals surface area contributed by atoms with Crippen molar-refractivity contribution in [3.63, 3.8) is 0 Å². The van der Waals surface area contributed by atoms with Crippen LogP contribution < -0.4 is 15.4 Å². The third kappa shape index (κ3) is 7.12. The SMILES string of the molecule is CCC(Sc1cccc(NC(=O)c2cccc(OC)c2)c1)C(=O)Nc1sc2c(c1C(=O)OC)CCC(c1ccccc1)C2. The molecule has 1 aromatic heterocycles. The highest BCUT2D eigenvalue weighted by atomic mass is 32.2. The fourth-order valence-corrected chi connectivity index (χ4v) is 7.63. The summed E-state index contributed by atoms with van der Waals surface area (Å²) in [4.78, 5) is 41.2. The van der Waals surface area contributed by atoms with Crippen LogP contribution in [0.15, 0.2) is 83.8 Å². The highest BCUT2D eigenvalue weighted by molar-refractivity contribution is 8.00. The lowest BCUT2D eigenvalue weighted by Crippen LogP contribution is -2.25. The Balaban J connectivity index is 1.30. The molecule has 0 saturated carbocycles. The van der Waals surface area contributed by atoms with Crippen LogP contribution in [0.2, 0.25) is 0 Å². The number of fused-ring (bicyclic) bond motifs is 1. The average Bonchev–Trinajstić information content (AvgIpc) is 3.40. The van der Waals surface area contributed by atoms with Gasteiger partial charge in [0.25, 0.3) is 5.91 Å². The molecule has 2 unspecified atom stereocenters. The van der Waals surface area contributed by atoms with E-state index < -0.39 is 11.2 Å². The first kappa shape index (κ1) is 30.4. The minimum atomic E-state index is -0.425. The number of anilines is 2. The smallest absolute Gasteiger partial charge is 0.341 e. The van der Waals surface area contributed by atoms with E-state index in [9.17, 15) is 14.4 Å². The van der Waals surface area contributed by atoms with E-state index in [1.165, 1.54) is 35.8 Å². The summed E-state index contributed by atoms with van der Waals surface area (Å²) < 4.78 is 10.4. The van der Waals surface area contributed by atoms with Crippen LogP contribution in [0.25, 0.3) is 0 Å². The summed E-state index contributed by atoms with van der Waals surface area (Å²) in [5.41, 5.74) is 3.86. The van der Waals surface area contributed by atoms with E-state index in [1.807, 2.05) is 37.3 Å². The van der Waals surface area contributed by atoms with Crippen LogP contribution in [0.3, 0.4) is 0 Å². The number of amides is 2. The van der Waals surface area contributed by atoms with E-state index in [1.54, 1.807) is 31.4 Å². The Labute approximate surface area is 260 Å². The van der Waals surface area contributed by atoms with Gasteiger partial charge < -0.3 is 20.1 Å². The van der Waals surface area contributed by atoms with Gasteiger partial charge >= 0.3 is 5.97 Å². The first-order valence-corrected chi connectivity index (χ1v) is 15.9. The first-order valence-electron chi connectivity index (χ1n) is 14.2. The third-order valence-electron chi connectivity index (χ3n) is 7.53. The summed E-state index contributed by atoms with van der Waals surface area (Å²) >= 11 is 2.89. The van der Waals surface area contributed by atoms with Gasteiger partial charge in [-0.25, -0.2) is 4.79 Å². The highest BCUT2D eigenvalue weighted by Gasteiger charge is 2.31. The average molecular weight is 615 g/mol. The van der Waals surface area contributed by atoms with Crippen LogP contribution in [0.4, 0.5) is 10.7 Å². The number of ether oxygens (including phenoxy) is 2. The standard InChI is InChI=1S/C34H34N2O5S2/c1-4-28(42-26-15-9-13-24(20-26)35-31(37)23-12-8-14-25(18-23)40-2)32(38)36-33-30(34(39)41-3)27-17-16-22(19-29(27)43-33)21-10-6-5-7-11-21/h5-15,18,20,22,28H,4,16-17,19H2,1-3H3,(H,35,37)(H,36,38). The molecule has 5 rings (SSSR count). The second-order valence-electron chi connectivity index (χ2n) is 10.3.